The summed E-state index contributed by atoms with van der Waals surface area (Å²) in [5.41, 5.74) is 4.03. The molecule has 11 nitrogen and oxygen atoms in total. The van der Waals surface area contributed by atoms with Gasteiger partial charge in [0, 0.05) is 29.8 Å². The van der Waals surface area contributed by atoms with E-state index in [0.717, 1.165) is 19.1 Å². The molecular formula is C30H24F2N8O3S. The fourth-order valence-corrected chi connectivity index (χ4v) is 5.50. The van der Waals surface area contributed by atoms with Gasteiger partial charge in [0.25, 0.3) is 0 Å². The lowest BCUT2D eigenvalue weighted by molar-refractivity contribution is -0.117. The quantitative estimate of drug-likeness (QED) is 0.190. The van der Waals surface area contributed by atoms with Crippen LogP contribution in [-0.4, -0.2) is 50.7 Å². The first kappa shape index (κ1) is 27.7. The molecule has 0 radical (unpaired) electrons. The molecule has 44 heavy (non-hydrogen) atoms. The normalized spacial score (nSPS) is 13.5. The van der Waals surface area contributed by atoms with E-state index >= 15 is 4.39 Å². The number of benzene rings is 2. The molecule has 0 spiro atoms. The van der Waals surface area contributed by atoms with Crippen LogP contribution in [0.15, 0.2) is 61.1 Å². The number of H-pyrrole nitrogens is 2. The number of nitrogens with one attached hydrogen (secondary N) is 4. The van der Waals surface area contributed by atoms with Gasteiger partial charge in [0.1, 0.15) is 17.2 Å². The molecule has 1 aliphatic carbocycles. The number of hydrogen-bond acceptors (Lipinski definition) is 7. The van der Waals surface area contributed by atoms with E-state index in [-0.39, 0.29) is 41.0 Å². The van der Waals surface area contributed by atoms with Crippen molar-refractivity contribution in [2.24, 2.45) is 5.92 Å². The zero-order chi connectivity index (χ0) is 30.6. The van der Waals surface area contributed by atoms with Crippen LogP contribution in [0.5, 0.6) is 0 Å². The van der Waals surface area contributed by atoms with Crippen LogP contribution in [0.1, 0.15) is 18.4 Å². The number of para-hydroxylation sites is 1. The summed E-state index contributed by atoms with van der Waals surface area (Å²) < 4.78 is 56.2. The number of imidazole rings is 1. The van der Waals surface area contributed by atoms with Gasteiger partial charge in [-0.05, 0) is 54.3 Å². The van der Waals surface area contributed by atoms with Gasteiger partial charge in [0.15, 0.2) is 11.6 Å². The SMILES string of the molecule is CS(=O)(=O)NCc1cc(F)cc(-c2cccc3[nH]c(-c4n[nH]c5cnc(-c6cncc(NC(=O)C7CC7)c6)c(F)c45)nc23)c1. The molecule has 1 saturated carbocycles. The van der Waals surface area contributed by atoms with Crippen LogP contribution >= 0.6 is 0 Å². The van der Waals surface area contributed by atoms with E-state index in [9.17, 15) is 17.6 Å². The summed E-state index contributed by atoms with van der Waals surface area (Å²) in [4.78, 5) is 28.6. The Kier molecular flexibility index (Phi) is 6.66. The van der Waals surface area contributed by atoms with Gasteiger partial charge >= 0.3 is 0 Å². The van der Waals surface area contributed by atoms with Crippen LogP contribution in [0, 0.1) is 17.6 Å². The number of carbonyl (C=O) groups is 1. The smallest absolute Gasteiger partial charge is 0.227 e. The molecule has 4 N–H and O–H groups in total. The summed E-state index contributed by atoms with van der Waals surface area (Å²) in [6.45, 7) is -0.0778. The standard InChI is InChI=1S/C30H24F2N8O3S/c1-44(42,43)35-11-15-7-17(9-19(31)8-15)21-3-2-4-22-27(21)38-29(37-22)28-24-23(39-40-28)14-34-26(25(24)32)18-10-20(13-33-12-18)36-30(41)16-5-6-16/h2-4,7-10,12-14,16,35H,5-6,11H2,1H3,(H,36,41)(H,37,38)(H,39,40). The maximum Gasteiger partial charge on any atom is 0.227 e. The number of nitrogens with zero attached hydrogens (tertiary/aromatic N) is 4. The lowest BCUT2D eigenvalue weighted by Crippen LogP contribution is -2.21. The van der Waals surface area contributed by atoms with Crippen LogP contribution in [0.4, 0.5) is 14.5 Å². The lowest BCUT2D eigenvalue weighted by atomic mass is 10.0. The number of fused-ring (bicyclic) bond motifs is 2. The molecule has 4 aromatic heterocycles. The summed E-state index contributed by atoms with van der Waals surface area (Å²) in [6, 6.07) is 11.2. The minimum atomic E-state index is -3.47. The second-order valence-electron chi connectivity index (χ2n) is 10.7. The van der Waals surface area contributed by atoms with E-state index in [1.165, 1.54) is 30.7 Å². The second kappa shape index (κ2) is 10.6. The molecule has 14 heteroatoms. The van der Waals surface area contributed by atoms with Crippen LogP contribution in [-0.2, 0) is 21.4 Å². The van der Waals surface area contributed by atoms with Gasteiger partial charge in [-0.25, -0.2) is 26.9 Å². The number of carbonyl (C=O) groups excluding carboxylic acids is 1. The third-order valence-electron chi connectivity index (χ3n) is 7.32. The predicted molar refractivity (Wildman–Crippen MR) is 161 cm³/mol. The van der Waals surface area contributed by atoms with Gasteiger partial charge in [-0.2, -0.15) is 5.10 Å². The van der Waals surface area contributed by atoms with Crippen molar-refractivity contribution in [2.75, 3.05) is 11.6 Å². The summed E-state index contributed by atoms with van der Waals surface area (Å²) in [5.74, 6) is -0.996. The molecule has 6 aromatic rings. The van der Waals surface area contributed by atoms with E-state index in [1.807, 2.05) is 0 Å². The molecule has 4 heterocycles. The van der Waals surface area contributed by atoms with E-state index in [4.69, 9.17) is 4.98 Å². The molecular weight excluding hydrogens is 590 g/mol. The molecule has 0 bridgehead atoms. The van der Waals surface area contributed by atoms with Crippen molar-refractivity contribution in [3.05, 3.63) is 78.3 Å². The summed E-state index contributed by atoms with van der Waals surface area (Å²) in [7, 11) is -3.47. The van der Waals surface area contributed by atoms with Crippen molar-refractivity contribution in [1.82, 2.24) is 34.9 Å². The zero-order valence-electron chi connectivity index (χ0n) is 23.1. The second-order valence-corrected chi connectivity index (χ2v) is 12.6. The Hall–Kier alpha value is -5.08. The number of rotatable bonds is 8. The molecule has 7 rings (SSSR count). The lowest BCUT2D eigenvalue weighted by Gasteiger charge is -2.08. The number of aromatic amines is 2. The van der Waals surface area contributed by atoms with Gasteiger partial charge in [0.2, 0.25) is 15.9 Å². The number of hydrogen-bond donors (Lipinski definition) is 4. The first-order valence-corrected chi connectivity index (χ1v) is 15.5. The average molecular weight is 615 g/mol. The topological polar surface area (TPSA) is 158 Å². The molecule has 0 aliphatic heterocycles. The number of amides is 1. The number of aromatic nitrogens is 6. The molecule has 0 unspecified atom stereocenters. The van der Waals surface area contributed by atoms with Gasteiger partial charge < -0.3 is 10.3 Å². The number of sulfonamides is 1. The predicted octanol–water partition coefficient (Wildman–Crippen LogP) is 4.91. The van der Waals surface area contributed by atoms with E-state index < -0.39 is 21.7 Å². The van der Waals surface area contributed by atoms with Crippen LogP contribution in [0.2, 0.25) is 0 Å². The Labute approximate surface area is 249 Å². The zero-order valence-corrected chi connectivity index (χ0v) is 24.0. The third kappa shape index (κ3) is 5.40. The maximum atomic E-state index is 16.1. The molecule has 222 valence electrons. The Morgan fingerprint density at radius 2 is 1.86 bits per heavy atom. The number of halogens is 2. The Morgan fingerprint density at radius 1 is 1.02 bits per heavy atom. The third-order valence-corrected chi connectivity index (χ3v) is 7.98. The molecule has 0 atom stereocenters. The van der Waals surface area contributed by atoms with Crippen LogP contribution in [0.25, 0.3) is 55.8 Å². The molecule has 0 saturated heterocycles. The monoisotopic (exact) mass is 614 g/mol. The minimum absolute atomic E-state index is 0.00234. The Bertz CT molecular complexity index is 2210. The fourth-order valence-electron chi connectivity index (χ4n) is 5.08. The van der Waals surface area contributed by atoms with Crippen molar-refractivity contribution < 1.29 is 22.0 Å². The van der Waals surface area contributed by atoms with Crippen molar-refractivity contribution in [2.45, 2.75) is 19.4 Å². The Balaban J connectivity index is 1.27. The van der Waals surface area contributed by atoms with Gasteiger partial charge in [-0.3, -0.25) is 19.9 Å². The van der Waals surface area contributed by atoms with Crippen LogP contribution in [0.3, 0.4) is 0 Å². The Morgan fingerprint density at radius 3 is 2.66 bits per heavy atom. The molecule has 1 aliphatic rings. The fraction of sp³-hybridized carbons (Fsp3) is 0.167. The maximum absolute atomic E-state index is 16.1. The minimum Gasteiger partial charge on any atom is -0.337 e. The van der Waals surface area contributed by atoms with Crippen molar-refractivity contribution >= 4 is 43.6 Å². The highest BCUT2D eigenvalue weighted by atomic mass is 32.2. The van der Waals surface area contributed by atoms with Crippen molar-refractivity contribution in [3.8, 4) is 33.9 Å². The first-order valence-electron chi connectivity index (χ1n) is 13.7. The highest BCUT2D eigenvalue weighted by molar-refractivity contribution is 7.88. The summed E-state index contributed by atoms with van der Waals surface area (Å²) in [5, 5.41) is 10.1. The largest absolute Gasteiger partial charge is 0.337 e. The first-order chi connectivity index (χ1) is 21.1. The number of pyridine rings is 2. The average Bonchev–Trinajstić information content (AvgIpc) is 3.60. The van der Waals surface area contributed by atoms with Gasteiger partial charge in [0.05, 0.1) is 46.3 Å². The van der Waals surface area contributed by atoms with E-state index in [0.29, 0.717) is 44.5 Å². The van der Waals surface area contributed by atoms with Crippen molar-refractivity contribution in [3.63, 3.8) is 0 Å². The summed E-state index contributed by atoms with van der Waals surface area (Å²) in [6.07, 6.45) is 7.17. The van der Waals surface area contributed by atoms with Crippen LogP contribution < -0.4 is 10.0 Å². The highest BCUT2D eigenvalue weighted by Crippen LogP contribution is 2.35. The van der Waals surface area contributed by atoms with E-state index in [1.54, 1.807) is 30.3 Å². The molecule has 1 fully saturated rings. The van der Waals surface area contributed by atoms with Crippen molar-refractivity contribution in [1.29, 1.82) is 0 Å². The molecule has 1 amide bonds. The summed E-state index contributed by atoms with van der Waals surface area (Å²) >= 11 is 0. The van der Waals surface area contributed by atoms with Gasteiger partial charge in [-0.1, -0.05) is 12.1 Å². The number of anilines is 1. The van der Waals surface area contributed by atoms with E-state index in [2.05, 4.69) is 35.2 Å². The highest BCUT2D eigenvalue weighted by Gasteiger charge is 2.30. The molecule has 2 aromatic carbocycles. The van der Waals surface area contributed by atoms with Gasteiger partial charge in [-0.15, -0.1) is 0 Å².